The zero-order chi connectivity index (χ0) is 10.8. The second-order valence-electron chi connectivity index (χ2n) is 3.10. The van der Waals surface area contributed by atoms with Gasteiger partial charge in [0, 0.05) is 6.07 Å². The van der Waals surface area contributed by atoms with Crippen molar-refractivity contribution in [2.24, 2.45) is 5.73 Å². The smallest absolute Gasteiger partial charge is 0.179 e. The van der Waals surface area contributed by atoms with Crippen molar-refractivity contribution in [2.45, 2.75) is 0 Å². The minimum absolute atomic E-state index is 0.0539. The Bertz CT molecular complexity index is 406. The van der Waals surface area contributed by atoms with Crippen LogP contribution in [-0.4, -0.2) is 25.5 Å². The number of carbonyl (C=O) groups excluding carboxylic acids is 1. The molecule has 2 N–H and O–H groups in total. The Kier molecular flexibility index (Phi) is 2.55. The summed E-state index contributed by atoms with van der Waals surface area (Å²) >= 11 is 0. The third-order valence-electron chi connectivity index (χ3n) is 2.12. The molecule has 0 amide bonds. The van der Waals surface area contributed by atoms with Gasteiger partial charge in [0.1, 0.15) is 19.0 Å². The third kappa shape index (κ3) is 1.78. The molecular formula is C10H10FNO3. The number of ketones is 1. The number of carbonyl (C=O) groups is 1. The summed E-state index contributed by atoms with van der Waals surface area (Å²) in [7, 11) is 0. The minimum Gasteiger partial charge on any atom is -0.486 e. The number of nitrogens with two attached hydrogens (primary N) is 1. The highest BCUT2D eigenvalue weighted by Gasteiger charge is 2.18. The maximum atomic E-state index is 13.4. The van der Waals surface area contributed by atoms with Crippen LogP contribution in [0.1, 0.15) is 10.4 Å². The lowest BCUT2D eigenvalue weighted by atomic mass is 10.1. The number of ether oxygens (including phenoxy) is 2. The summed E-state index contributed by atoms with van der Waals surface area (Å²) in [5.74, 6) is -0.369. The zero-order valence-electron chi connectivity index (χ0n) is 7.96. The quantitative estimate of drug-likeness (QED) is 0.733. The van der Waals surface area contributed by atoms with Gasteiger partial charge in [-0.2, -0.15) is 0 Å². The summed E-state index contributed by atoms with van der Waals surface area (Å²) < 4.78 is 23.8. The largest absolute Gasteiger partial charge is 0.486 e. The maximum Gasteiger partial charge on any atom is 0.179 e. The Morgan fingerprint density at radius 1 is 1.33 bits per heavy atom. The Hall–Kier alpha value is -1.62. The standard InChI is InChI=1S/C10H10FNO3/c11-7-4-10-9(14-1-2-15-10)3-6(7)8(13)5-12/h3-4H,1-2,5,12H2. The molecule has 0 fully saturated rings. The lowest BCUT2D eigenvalue weighted by Gasteiger charge is -2.18. The molecule has 15 heavy (non-hydrogen) atoms. The molecule has 0 radical (unpaired) electrons. The summed E-state index contributed by atoms with van der Waals surface area (Å²) in [5, 5.41) is 0. The van der Waals surface area contributed by atoms with E-state index in [1.807, 2.05) is 0 Å². The van der Waals surface area contributed by atoms with Gasteiger partial charge in [0.15, 0.2) is 17.3 Å². The number of Topliss-reactive ketones (excluding diaryl/α,β-unsaturated/α-hetero) is 1. The number of rotatable bonds is 2. The maximum absolute atomic E-state index is 13.4. The highest BCUT2D eigenvalue weighted by Crippen LogP contribution is 2.32. The Labute approximate surface area is 85.8 Å². The fourth-order valence-corrected chi connectivity index (χ4v) is 1.39. The number of hydrogen-bond acceptors (Lipinski definition) is 4. The number of halogens is 1. The van der Waals surface area contributed by atoms with Crippen LogP contribution in [0.4, 0.5) is 4.39 Å². The lowest BCUT2D eigenvalue weighted by molar-refractivity contribution is 0.0996. The monoisotopic (exact) mass is 211 g/mol. The lowest BCUT2D eigenvalue weighted by Crippen LogP contribution is -2.19. The van der Waals surface area contributed by atoms with Crippen LogP contribution in [0, 0.1) is 5.82 Å². The third-order valence-corrected chi connectivity index (χ3v) is 2.12. The fraction of sp³-hybridized carbons (Fsp3) is 0.300. The SMILES string of the molecule is NCC(=O)c1cc2c(cc1F)OCCO2. The average Bonchev–Trinajstić information content (AvgIpc) is 2.27. The van der Waals surface area contributed by atoms with Crippen LogP contribution in [0.5, 0.6) is 11.5 Å². The van der Waals surface area contributed by atoms with Crippen LogP contribution < -0.4 is 15.2 Å². The normalized spacial score (nSPS) is 13.7. The van der Waals surface area contributed by atoms with Gasteiger partial charge in [0.2, 0.25) is 0 Å². The predicted octanol–water partition coefficient (Wildman–Crippen LogP) is 0.738. The molecule has 2 rings (SSSR count). The zero-order valence-corrected chi connectivity index (χ0v) is 7.96. The fourth-order valence-electron chi connectivity index (χ4n) is 1.39. The molecule has 1 aliphatic heterocycles. The Morgan fingerprint density at radius 3 is 2.53 bits per heavy atom. The van der Waals surface area contributed by atoms with E-state index in [1.54, 1.807) is 0 Å². The van der Waals surface area contributed by atoms with Crippen molar-refractivity contribution in [1.82, 2.24) is 0 Å². The molecule has 0 aromatic heterocycles. The van der Waals surface area contributed by atoms with E-state index in [1.165, 1.54) is 6.07 Å². The van der Waals surface area contributed by atoms with Gasteiger partial charge in [-0.15, -0.1) is 0 Å². The molecular weight excluding hydrogens is 201 g/mol. The number of fused-ring (bicyclic) bond motifs is 1. The van der Waals surface area contributed by atoms with Gasteiger partial charge in [0.05, 0.1) is 12.1 Å². The van der Waals surface area contributed by atoms with Crippen LogP contribution in [-0.2, 0) is 0 Å². The highest BCUT2D eigenvalue weighted by atomic mass is 19.1. The average molecular weight is 211 g/mol. The summed E-state index contributed by atoms with van der Waals surface area (Å²) in [5.41, 5.74) is 5.11. The van der Waals surface area contributed by atoms with Crippen molar-refractivity contribution in [2.75, 3.05) is 19.8 Å². The van der Waals surface area contributed by atoms with Gasteiger partial charge < -0.3 is 15.2 Å². The molecule has 0 atom stereocenters. The first-order valence-electron chi connectivity index (χ1n) is 4.55. The molecule has 1 aromatic rings. The number of benzene rings is 1. The minimum atomic E-state index is -0.630. The first-order valence-corrected chi connectivity index (χ1v) is 4.55. The van der Waals surface area contributed by atoms with Crippen LogP contribution >= 0.6 is 0 Å². The molecule has 0 spiro atoms. The van der Waals surface area contributed by atoms with Crippen LogP contribution in [0.15, 0.2) is 12.1 Å². The van der Waals surface area contributed by atoms with Crippen molar-refractivity contribution < 1.29 is 18.7 Å². The van der Waals surface area contributed by atoms with E-state index in [0.717, 1.165) is 6.07 Å². The summed E-state index contributed by atoms with van der Waals surface area (Å²) in [6, 6.07) is 2.48. The highest BCUT2D eigenvalue weighted by molar-refractivity contribution is 5.98. The van der Waals surface area contributed by atoms with Crippen molar-refractivity contribution in [3.8, 4) is 11.5 Å². The molecule has 0 unspecified atom stereocenters. The van der Waals surface area contributed by atoms with Crippen molar-refractivity contribution in [3.63, 3.8) is 0 Å². The van der Waals surface area contributed by atoms with Gasteiger partial charge in [-0.25, -0.2) is 4.39 Å². The molecule has 4 nitrogen and oxygen atoms in total. The van der Waals surface area contributed by atoms with E-state index in [-0.39, 0.29) is 12.1 Å². The summed E-state index contributed by atoms with van der Waals surface area (Å²) in [6.07, 6.45) is 0. The van der Waals surface area contributed by atoms with Crippen LogP contribution in [0.2, 0.25) is 0 Å². The first kappa shape index (κ1) is 9.92. The summed E-state index contributed by atoms with van der Waals surface area (Å²) in [6.45, 7) is 0.558. The van der Waals surface area contributed by atoms with E-state index < -0.39 is 11.6 Å². The van der Waals surface area contributed by atoms with E-state index in [2.05, 4.69) is 0 Å². The van der Waals surface area contributed by atoms with Gasteiger partial charge in [-0.3, -0.25) is 4.79 Å². The van der Waals surface area contributed by atoms with Gasteiger partial charge in [-0.1, -0.05) is 0 Å². The van der Waals surface area contributed by atoms with E-state index in [9.17, 15) is 9.18 Å². The molecule has 1 aliphatic rings. The summed E-state index contributed by atoms with van der Waals surface area (Å²) in [4.78, 5) is 11.3. The second kappa shape index (κ2) is 3.86. The van der Waals surface area contributed by atoms with E-state index >= 15 is 0 Å². The Balaban J connectivity index is 2.44. The number of hydrogen-bond donors (Lipinski definition) is 1. The molecule has 0 bridgehead atoms. The van der Waals surface area contributed by atoms with E-state index in [4.69, 9.17) is 15.2 Å². The van der Waals surface area contributed by atoms with Gasteiger partial charge in [0.25, 0.3) is 0 Å². The van der Waals surface area contributed by atoms with E-state index in [0.29, 0.717) is 24.7 Å². The molecule has 0 aliphatic carbocycles. The van der Waals surface area contributed by atoms with Gasteiger partial charge >= 0.3 is 0 Å². The van der Waals surface area contributed by atoms with Crippen molar-refractivity contribution in [1.29, 1.82) is 0 Å². The van der Waals surface area contributed by atoms with Crippen molar-refractivity contribution in [3.05, 3.63) is 23.5 Å². The molecule has 0 saturated carbocycles. The molecule has 80 valence electrons. The molecule has 0 saturated heterocycles. The molecule has 5 heteroatoms. The van der Waals surface area contributed by atoms with Gasteiger partial charge in [-0.05, 0) is 6.07 Å². The van der Waals surface area contributed by atoms with Crippen LogP contribution in [0.25, 0.3) is 0 Å². The molecule has 1 heterocycles. The topological polar surface area (TPSA) is 61.6 Å². The second-order valence-corrected chi connectivity index (χ2v) is 3.10. The predicted molar refractivity (Wildman–Crippen MR) is 50.8 cm³/mol. The molecule has 1 aromatic carbocycles. The van der Waals surface area contributed by atoms with Crippen molar-refractivity contribution >= 4 is 5.78 Å². The first-order chi connectivity index (χ1) is 7.22. The Morgan fingerprint density at radius 2 is 1.93 bits per heavy atom. The van der Waals surface area contributed by atoms with Crippen LogP contribution in [0.3, 0.4) is 0 Å².